The van der Waals surface area contributed by atoms with E-state index in [2.05, 4.69) is 29.3 Å². The van der Waals surface area contributed by atoms with E-state index in [0.29, 0.717) is 10.6 Å². The summed E-state index contributed by atoms with van der Waals surface area (Å²) in [5.41, 5.74) is 2.23. The van der Waals surface area contributed by atoms with Crippen molar-refractivity contribution in [3.63, 3.8) is 0 Å². The molecule has 0 saturated heterocycles. The van der Waals surface area contributed by atoms with Gasteiger partial charge in [0, 0.05) is 5.69 Å². The summed E-state index contributed by atoms with van der Waals surface area (Å²) >= 11 is 5.14. The molecule has 2 rings (SSSR count). The molecule has 1 aromatic heterocycles. The summed E-state index contributed by atoms with van der Waals surface area (Å²) in [5, 5.41) is 15.8. The highest BCUT2D eigenvalue weighted by atomic mass is 32.1. The van der Waals surface area contributed by atoms with Crippen molar-refractivity contribution in [3.05, 3.63) is 40.4 Å². The van der Waals surface area contributed by atoms with Crippen LogP contribution >= 0.6 is 12.2 Å². The molecule has 0 atom stereocenters. The quantitative estimate of drug-likeness (QED) is 0.818. The number of aliphatic hydroxyl groups is 1. The van der Waals surface area contributed by atoms with Gasteiger partial charge in [-0.15, -0.1) is 0 Å². The number of aryl methyl sites for hydroxylation is 1. The summed E-state index contributed by atoms with van der Waals surface area (Å²) < 4.78 is 2.24. The van der Waals surface area contributed by atoms with Crippen molar-refractivity contribution >= 4 is 12.2 Å². The van der Waals surface area contributed by atoms with Crippen LogP contribution in [0, 0.1) is 4.77 Å². The number of nitrogens with one attached hydrogen (secondary N) is 1. The summed E-state index contributed by atoms with van der Waals surface area (Å²) in [6, 6.07) is 8.15. The van der Waals surface area contributed by atoms with E-state index < -0.39 is 0 Å². The van der Waals surface area contributed by atoms with Gasteiger partial charge in [-0.3, -0.25) is 9.67 Å². The first-order chi connectivity index (χ1) is 8.26. The van der Waals surface area contributed by atoms with Gasteiger partial charge in [0.1, 0.15) is 6.61 Å². The van der Waals surface area contributed by atoms with Gasteiger partial charge in [-0.2, -0.15) is 5.10 Å². The maximum absolute atomic E-state index is 9.18. The lowest BCUT2D eigenvalue weighted by atomic mass is 10.1. The first-order valence-electron chi connectivity index (χ1n) is 5.62. The lowest BCUT2D eigenvalue weighted by Gasteiger charge is -2.06. The Balaban J connectivity index is 2.39. The molecule has 0 bridgehead atoms. The van der Waals surface area contributed by atoms with E-state index in [1.54, 1.807) is 4.57 Å². The average Bonchev–Trinajstić information content (AvgIpc) is 2.72. The predicted molar refractivity (Wildman–Crippen MR) is 68.7 cm³/mol. The minimum atomic E-state index is -0.135. The van der Waals surface area contributed by atoms with Crippen LogP contribution in [-0.2, 0) is 13.0 Å². The molecule has 1 heterocycles. The van der Waals surface area contributed by atoms with Gasteiger partial charge < -0.3 is 5.11 Å². The summed E-state index contributed by atoms with van der Waals surface area (Å²) in [5.74, 6) is 0.526. The number of hydrogen-bond acceptors (Lipinski definition) is 3. The third-order valence-corrected chi connectivity index (χ3v) is 2.89. The predicted octanol–water partition coefficient (Wildman–Crippen LogP) is 2.37. The Morgan fingerprint density at radius 2 is 2.06 bits per heavy atom. The van der Waals surface area contributed by atoms with Crippen LogP contribution in [0.15, 0.2) is 24.3 Å². The van der Waals surface area contributed by atoms with Crippen molar-refractivity contribution in [2.24, 2.45) is 0 Å². The van der Waals surface area contributed by atoms with Gasteiger partial charge in [0.25, 0.3) is 0 Å². The number of nitrogens with zero attached hydrogens (tertiary/aromatic N) is 2. The van der Waals surface area contributed by atoms with Gasteiger partial charge in [0.15, 0.2) is 10.6 Å². The number of benzene rings is 1. The second-order valence-corrected chi connectivity index (χ2v) is 4.24. The Labute approximate surface area is 105 Å². The van der Waals surface area contributed by atoms with E-state index in [-0.39, 0.29) is 6.61 Å². The highest BCUT2D eigenvalue weighted by molar-refractivity contribution is 7.71. The molecule has 1 aromatic carbocycles. The van der Waals surface area contributed by atoms with Crippen molar-refractivity contribution in [1.82, 2.24) is 14.8 Å². The Morgan fingerprint density at radius 1 is 1.35 bits per heavy atom. The molecule has 17 heavy (non-hydrogen) atoms. The van der Waals surface area contributed by atoms with Gasteiger partial charge in [-0.1, -0.05) is 25.5 Å². The normalized spacial score (nSPS) is 10.7. The zero-order chi connectivity index (χ0) is 12.3. The molecular weight excluding hydrogens is 234 g/mol. The van der Waals surface area contributed by atoms with Gasteiger partial charge in [0.05, 0.1) is 0 Å². The molecule has 0 spiro atoms. The topological polar surface area (TPSA) is 53.8 Å². The van der Waals surface area contributed by atoms with E-state index >= 15 is 0 Å². The minimum Gasteiger partial charge on any atom is -0.388 e. The number of rotatable bonds is 4. The molecule has 2 N–H and O–H groups in total. The lowest BCUT2D eigenvalue weighted by Crippen LogP contribution is -2.01. The average molecular weight is 249 g/mol. The monoisotopic (exact) mass is 249 g/mol. The van der Waals surface area contributed by atoms with Crippen LogP contribution in [0.2, 0.25) is 0 Å². The van der Waals surface area contributed by atoms with E-state index in [1.807, 2.05) is 12.1 Å². The first-order valence-corrected chi connectivity index (χ1v) is 6.03. The second kappa shape index (κ2) is 5.25. The maximum atomic E-state index is 9.18. The van der Waals surface area contributed by atoms with Crippen LogP contribution in [0.3, 0.4) is 0 Å². The van der Waals surface area contributed by atoms with Crippen LogP contribution in [0.1, 0.15) is 24.7 Å². The molecule has 0 aliphatic heterocycles. The van der Waals surface area contributed by atoms with Gasteiger partial charge in [0.2, 0.25) is 0 Å². The number of aliphatic hydroxyl groups excluding tert-OH is 1. The fourth-order valence-electron chi connectivity index (χ4n) is 1.80. The van der Waals surface area contributed by atoms with Crippen LogP contribution < -0.4 is 0 Å². The third kappa shape index (κ3) is 2.45. The molecular formula is C12H15N3OS. The molecule has 2 aromatic rings. The molecule has 0 fully saturated rings. The lowest BCUT2D eigenvalue weighted by molar-refractivity contribution is 0.269. The number of aromatic nitrogens is 3. The Bertz CT molecular complexity index is 542. The van der Waals surface area contributed by atoms with Crippen LogP contribution in [0.4, 0.5) is 0 Å². The van der Waals surface area contributed by atoms with Crippen molar-refractivity contribution in [2.45, 2.75) is 26.4 Å². The standard InChI is InChI=1S/C12H15N3OS/c1-2-3-9-4-6-10(7-5-9)15-11(8-16)13-14-12(15)17/h4-7,16H,2-3,8H2,1H3,(H,14,17). The van der Waals surface area contributed by atoms with Gasteiger partial charge in [-0.05, 0) is 36.3 Å². The number of H-pyrrole nitrogens is 1. The Kier molecular flexibility index (Phi) is 3.71. The van der Waals surface area contributed by atoms with Crippen LogP contribution in [-0.4, -0.2) is 19.9 Å². The van der Waals surface area contributed by atoms with E-state index in [1.165, 1.54) is 5.56 Å². The molecule has 90 valence electrons. The van der Waals surface area contributed by atoms with E-state index in [0.717, 1.165) is 18.5 Å². The van der Waals surface area contributed by atoms with Crippen molar-refractivity contribution in [3.8, 4) is 5.69 Å². The summed E-state index contributed by atoms with van der Waals surface area (Å²) in [7, 11) is 0. The third-order valence-electron chi connectivity index (χ3n) is 2.62. The molecule has 5 heteroatoms. The molecule has 0 unspecified atom stereocenters. The molecule has 0 aliphatic carbocycles. The molecule has 0 saturated carbocycles. The first kappa shape index (κ1) is 12.0. The molecule has 4 nitrogen and oxygen atoms in total. The fraction of sp³-hybridized carbons (Fsp3) is 0.333. The Morgan fingerprint density at radius 3 is 2.65 bits per heavy atom. The Hall–Kier alpha value is -1.46. The van der Waals surface area contributed by atoms with Crippen LogP contribution in [0.25, 0.3) is 5.69 Å². The molecule has 0 amide bonds. The van der Waals surface area contributed by atoms with E-state index in [4.69, 9.17) is 12.2 Å². The SMILES string of the molecule is CCCc1ccc(-n2c(CO)n[nH]c2=S)cc1. The second-order valence-electron chi connectivity index (χ2n) is 3.85. The highest BCUT2D eigenvalue weighted by Crippen LogP contribution is 2.13. The van der Waals surface area contributed by atoms with Gasteiger partial charge in [-0.25, -0.2) is 0 Å². The summed E-state index contributed by atoms with van der Waals surface area (Å²) in [6.07, 6.45) is 2.20. The van der Waals surface area contributed by atoms with Crippen molar-refractivity contribution < 1.29 is 5.11 Å². The van der Waals surface area contributed by atoms with Crippen molar-refractivity contribution in [2.75, 3.05) is 0 Å². The molecule has 0 aliphatic rings. The number of hydrogen-bond donors (Lipinski definition) is 2. The van der Waals surface area contributed by atoms with Crippen molar-refractivity contribution in [1.29, 1.82) is 0 Å². The largest absolute Gasteiger partial charge is 0.388 e. The van der Waals surface area contributed by atoms with Gasteiger partial charge >= 0.3 is 0 Å². The minimum absolute atomic E-state index is 0.135. The zero-order valence-electron chi connectivity index (χ0n) is 9.68. The van der Waals surface area contributed by atoms with Crippen LogP contribution in [0.5, 0.6) is 0 Å². The highest BCUT2D eigenvalue weighted by Gasteiger charge is 2.06. The smallest absolute Gasteiger partial charge is 0.199 e. The molecule has 0 radical (unpaired) electrons. The summed E-state index contributed by atoms with van der Waals surface area (Å²) in [4.78, 5) is 0. The number of aromatic amines is 1. The maximum Gasteiger partial charge on any atom is 0.199 e. The zero-order valence-corrected chi connectivity index (χ0v) is 10.5. The van der Waals surface area contributed by atoms with E-state index in [9.17, 15) is 5.11 Å². The summed E-state index contributed by atoms with van der Waals surface area (Å²) in [6.45, 7) is 2.02. The fourth-order valence-corrected chi connectivity index (χ4v) is 2.06.